The van der Waals surface area contributed by atoms with Crippen molar-refractivity contribution in [2.45, 2.75) is 12.3 Å². The molecule has 0 heterocycles. The second-order valence-electron chi connectivity index (χ2n) is 5.48. The quantitative estimate of drug-likeness (QED) is 0.849. The molecule has 0 bridgehead atoms. The van der Waals surface area contributed by atoms with Crippen LogP contribution in [0.2, 0.25) is 0 Å². The fourth-order valence-corrected chi connectivity index (χ4v) is 4.72. The van der Waals surface area contributed by atoms with Crippen LogP contribution in [0.15, 0.2) is 60.7 Å². The first-order valence-corrected chi connectivity index (χ1v) is 10.9. The van der Waals surface area contributed by atoms with E-state index in [9.17, 15) is 0 Å². The van der Waals surface area contributed by atoms with Gasteiger partial charge in [-0.05, 0) is 11.1 Å². The summed E-state index contributed by atoms with van der Waals surface area (Å²) in [6.45, 7) is 4.90. The van der Waals surface area contributed by atoms with Crippen LogP contribution in [0.1, 0.15) is 11.1 Å². The third kappa shape index (κ3) is 8.93. The first-order valence-electron chi connectivity index (χ1n) is 6.64. The highest BCUT2D eigenvalue weighted by Crippen LogP contribution is 2.57. The van der Waals surface area contributed by atoms with E-state index in [1.165, 1.54) is 23.5 Å². The van der Waals surface area contributed by atoms with Gasteiger partial charge in [0.05, 0.1) is 20.9 Å². The van der Waals surface area contributed by atoms with Gasteiger partial charge in [0, 0.05) is 20.6 Å². The summed E-state index contributed by atoms with van der Waals surface area (Å²) in [4.78, 5) is 22.9. The summed E-state index contributed by atoms with van der Waals surface area (Å²) in [7, 11) is -3.76. The summed E-state index contributed by atoms with van der Waals surface area (Å²) < 4.78 is 0. The SMILES string of the molecule is C[P+](C)(Cc1ccccc1)Cc1ccccc1.[O-]P(O)O. The van der Waals surface area contributed by atoms with Crippen molar-refractivity contribution >= 4 is 15.9 Å². The molecule has 0 unspecified atom stereocenters. The number of benzene rings is 2. The molecule has 0 radical (unpaired) electrons. The molecule has 0 fully saturated rings. The first-order chi connectivity index (χ1) is 9.89. The molecule has 0 aliphatic carbocycles. The highest BCUT2D eigenvalue weighted by Gasteiger charge is 2.25. The van der Waals surface area contributed by atoms with Gasteiger partial charge in [-0.2, -0.15) is 0 Å². The Morgan fingerprint density at radius 2 is 1.10 bits per heavy atom. The van der Waals surface area contributed by atoms with Crippen molar-refractivity contribution in [3.63, 3.8) is 0 Å². The molecule has 0 aromatic heterocycles. The van der Waals surface area contributed by atoms with Crippen molar-refractivity contribution in [2.75, 3.05) is 13.3 Å². The molecule has 0 atom stereocenters. The molecular formula is C16H22O3P2. The van der Waals surface area contributed by atoms with E-state index in [0.717, 1.165) is 0 Å². The van der Waals surface area contributed by atoms with E-state index < -0.39 is 15.9 Å². The van der Waals surface area contributed by atoms with Gasteiger partial charge in [-0.3, -0.25) is 0 Å². The third-order valence-corrected chi connectivity index (χ3v) is 5.35. The predicted molar refractivity (Wildman–Crippen MR) is 90.4 cm³/mol. The lowest BCUT2D eigenvalue weighted by atomic mass is 10.2. The van der Waals surface area contributed by atoms with Gasteiger partial charge in [-0.15, -0.1) is 0 Å². The van der Waals surface area contributed by atoms with Gasteiger partial charge in [0.2, 0.25) is 0 Å². The summed E-state index contributed by atoms with van der Waals surface area (Å²) in [5.41, 5.74) is 2.95. The lowest BCUT2D eigenvalue weighted by molar-refractivity contribution is -0.193. The van der Waals surface area contributed by atoms with E-state index in [2.05, 4.69) is 74.0 Å². The zero-order valence-corrected chi connectivity index (χ0v) is 14.2. The minimum Gasteiger partial charge on any atom is -0.786 e. The number of rotatable bonds is 4. The summed E-state index contributed by atoms with van der Waals surface area (Å²) >= 11 is 0. The number of hydrogen-bond acceptors (Lipinski definition) is 3. The summed E-state index contributed by atoms with van der Waals surface area (Å²) in [5, 5.41) is 0. The molecule has 2 aromatic carbocycles. The van der Waals surface area contributed by atoms with Crippen LogP contribution in [0, 0.1) is 0 Å². The normalized spacial score (nSPS) is 11.0. The van der Waals surface area contributed by atoms with E-state index in [1.54, 1.807) is 0 Å². The summed E-state index contributed by atoms with van der Waals surface area (Å²) in [5.74, 6) is 0. The van der Waals surface area contributed by atoms with Gasteiger partial charge in [0.1, 0.15) is 0 Å². The van der Waals surface area contributed by atoms with Gasteiger partial charge < -0.3 is 14.7 Å². The molecule has 0 aliphatic rings. The molecule has 2 aromatic rings. The smallest absolute Gasteiger partial charge is 0.0840 e. The van der Waals surface area contributed by atoms with Crippen LogP contribution in [0.5, 0.6) is 0 Å². The Morgan fingerprint density at radius 1 is 0.810 bits per heavy atom. The van der Waals surface area contributed by atoms with Gasteiger partial charge in [-0.1, -0.05) is 60.7 Å². The van der Waals surface area contributed by atoms with Gasteiger partial charge in [0.25, 0.3) is 0 Å². The Hall–Kier alpha value is -0.820. The Morgan fingerprint density at radius 3 is 1.38 bits per heavy atom. The van der Waals surface area contributed by atoms with Crippen LogP contribution in [0.4, 0.5) is 0 Å². The first kappa shape index (κ1) is 18.2. The molecule has 21 heavy (non-hydrogen) atoms. The van der Waals surface area contributed by atoms with Crippen LogP contribution >= 0.6 is 15.9 Å². The maximum absolute atomic E-state index is 8.70. The van der Waals surface area contributed by atoms with Crippen LogP contribution in [0.3, 0.4) is 0 Å². The maximum atomic E-state index is 8.70. The topological polar surface area (TPSA) is 63.5 Å². The zero-order chi connectivity index (χ0) is 15.7. The molecule has 0 amide bonds. The van der Waals surface area contributed by atoms with Crippen LogP contribution in [-0.2, 0) is 12.3 Å². The van der Waals surface area contributed by atoms with Gasteiger partial charge >= 0.3 is 0 Å². The molecule has 3 nitrogen and oxygen atoms in total. The molecule has 0 saturated carbocycles. The van der Waals surface area contributed by atoms with Crippen molar-refractivity contribution in [2.24, 2.45) is 0 Å². The highest BCUT2D eigenvalue weighted by atomic mass is 31.2. The van der Waals surface area contributed by atoms with Crippen LogP contribution in [-0.4, -0.2) is 23.1 Å². The molecule has 5 heteroatoms. The van der Waals surface area contributed by atoms with E-state index in [0.29, 0.717) is 0 Å². The lowest BCUT2D eigenvalue weighted by Crippen LogP contribution is -1.97. The second-order valence-corrected chi connectivity index (χ2v) is 10.5. The standard InChI is InChI=1S/C16H20P.H2O3P/c1-17(2,13-15-9-5-3-6-10-15)14-16-11-7-4-8-12-16;1-4(2)3/h3-12H,13-14H2,1-2H3;1-2H/q+1;-1. The molecule has 114 valence electrons. The van der Waals surface area contributed by atoms with E-state index in [1.807, 2.05) is 0 Å². The van der Waals surface area contributed by atoms with Crippen molar-refractivity contribution in [1.82, 2.24) is 0 Å². The molecular weight excluding hydrogens is 302 g/mol. The van der Waals surface area contributed by atoms with Gasteiger partial charge in [-0.25, -0.2) is 0 Å². The minimum atomic E-state index is -2.87. The van der Waals surface area contributed by atoms with Crippen molar-refractivity contribution in [3.05, 3.63) is 71.8 Å². The average molecular weight is 324 g/mol. The van der Waals surface area contributed by atoms with E-state index in [4.69, 9.17) is 14.7 Å². The summed E-state index contributed by atoms with van der Waals surface area (Å²) in [6, 6.07) is 21.7. The fourth-order valence-electron chi connectivity index (χ4n) is 2.21. The monoisotopic (exact) mass is 324 g/mol. The Labute approximate surface area is 128 Å². The Kier molecular flexibility index (Phi) is 8.03. The van der Waals surface area contributed by atoms with Crippen LogP contribution < -0.4 is 4.89 Å². The summed E-state index contributed by atoms with van der Waals surface area (Å²) in [6.07, 6.45) is 2.48. The lowest BCUT2D eigenvalue weighted by Gasteiger charge is -2.18. The van der Waals surface area contributed by atoms with Crippen LogP contribution in [0.25, 0.3) is 0 Å². The third-order valence-electron chi connectivity index (χ3n) is 2.91. The van der Waals surface area contributed by atoms with E-state index in [-0.39, 0.29) is 0 Å². The Bertz CT molecular complexity index is 455. The van der Waals surface area contributed by atoms with Crippen molar-refractivity contribution in [1.29, 1.82) is 0 Å². The van der Waals surface area contributed by atoms with Crippen molar-refractivity contribution < 1.29 is 14.7 Å². The molecule has 0 aliphatic heterocycles. The second kappa shape index (κ2) is 9.25. The predicted octanol–water partition coefficient (Wildman–Crippen LogP) is 3.22. The van der Waals surface area contributed by atoms with Crippen molar-refractivity contribution in [3.8, 4) is 0 Å². The zero-order valence-electron chi connectivity index (χ0n) is 12.4. The Balaban J connectivity index is 0.000000491. The maximum Gasteiger partial charge on any atom is 0.0840 e. The minimum absolute atomic E-state index is 0.886. The molecule has 2 N–H and O–H groups in total. The number of hydrogen-bond donors (Lipinski definition) is 2. The molecule has 2 rings (SSSR count). The molecule has 0 spiro atoms. The van der Waals surface area contributed by atoms with E-state index >= 15 is 0 Å². The average Bonchev–Trinajstić information content (AvgIpc) is 2.39. The fraction of sp³-hybridized carbons (Fsp3) is 0.250. The highest BCUT2D eigenvalue weighted by molar-refractivity contribution is 7.72. The molecule has 0 saturated heterocycles. The van der Waals surface area contributed by atoms with Gasteiger partial charge in [0.15, 0.2) is 0 Å². The largest absolute Gasteiger partial charge is 0.786 e.